The van der Waals surface area contributed by atoms with Crippen LogP contribution in [0.5, 0.6) is 0 Å². The van der Waals surface area contributed by atoms with Crippen molar-refractivity contribution in [3.63, 3.8) is 0 Å². The molecule has 1 amide bonds. The van der Waals surface area contributed by atoms with Crippen molar-refractivity contribution >= 4 is 17.7 Å². The van der Waals surface area contributed by atoms with Crippen LogP contribution in [-0.4, -0.2) is 25.2 Å². The van der Waals surface area contributed by atoms with Crippen LogP contribution in [0.1, 0.15) is 16.8 Å². The Kier molecular flexibility index (Phi) is 5.75. The molecule has 0 bridgehead atoms. The molecule has 0 unspecified atom stereocenters. The van der Waals surface area contributed by atoms with Crippen LogP contribution in [0.3, 0.4) is 0 Å². The zero-order valence-corrected chi connectivity index (χ0v) is 17.3. The average Bonchev–Trinajstić information content (AvgIpc) is 3.34. The Labute approximate surface area is 179 Å². The van der Waals surface area contributed by atoms with E-state index in [9.17, 15) is 9.18 Å². The minimum absolute atomic E-state index is 0.243. The highest BCUT2D eigenvalue weighted by molar-refractivity contribution is 6.02. The van der Waals surface area contributed by atoms with Crippen molar-refractivity contribution in [3.05, 3.63) is 96.0 Å². The van der Waals surface area contributed by atoms with Gasteiger partial charge in [0.1, 0.15) is 5.82 Å². The van der Waals surface area contributed by atoms with Gasteiger partial charge >= 0.3 is 0 Å². The Morgan fingerprint density at radius 2 is 1.84 bits per heavy atom. The maximum absolute atomic E-state index is 13.2. The van der Waals surface area contributed by atoms with Gasteiger partial charge in [-0.25, -0.2) is 9.37 Å². The first-order chi connectivity index (χ1) is 15.0. The summed E-state index contributed by atoms with van der Waals surface area (Å²) in [4.78, 5) is 16.5. The van der Waals surface area contributed by atoms with Crippen LogP contribution in [0.25, 0.3) is 17.3 Å². The molecule has 2 aromatic heterocycles. The number of hydrogen-bond donors (Lipinski definition) is 1. The summed E-state index contributed by atoms with van der Waals surface area (Å²) in [7, 11) is 1.81. The van der Waals surface area contributed by atoms with Gasteiger partial charge in [0.25, 0.3) is 0 Å². The van der Waals surface area contributed by atoms with Crippen molar-refractivity contribution in [2.75, 3.05) is 5.32 Å². The zero-order valence-electron chi connectivity index (χ0n) is 17.3. The number of imidazole rings is 1. The molecule has 0 atom stereocenters. The Morgan fingerprint density at radius 1 is 1.10 bits per heavy atom. The summed E-state index contributed by atoms with van der Waals surface area (Å²) in [5.74, 6) is -0.541. The molecule has 7 heteroatoms. The second kappa shape index (κ2) is 8.79. The summed E-state index contributed by atoms with van der Waals surface area (Å²) in [6, 6.07) is 13.9. The average molecular weight is 415 g/mol. The van der Waals surface area contributed by atoms with Crippen LogP contribution in [0, 0.1) is 12.7 Å². The van der Waals surface area contributed by atoms with Crippen LogP contribution >= 0.6 is 0 Å². The van der Waals surface area contributed by atoms with Crippen molar-refractivity contribution < 1.29 is 9.18 Å². The molecule has 0 saturated carbocycles. The first-order valence-corrected chi connectivity index (χ1v) is 9.82. The summed E-state index contributed by atoms with van der Waals surface area (Å²) < 4.78 is 17.0. The molecule has 0 aliphatic rings. The van der Waals surface area contributed by atoms with Crippen molar-refractivity contribution in [2.24, 2.45) is 7.05 Å². The standard InChI is InChI=1S/C24H22FN5O/c1-17-13-26-16-30(17)15-18-3-10-22(11-4-18)28-23(31)12-7-20-14-27-29(2)24(20)19-5-8-21(25)9-6-19/h3-14,16H,15H2,1-2H3,(H,28,31). The van der Waals surface area contributed by atoms with E-state index in [0.717, 1.165) is 34.6 Å². The van der Waals surface area contributed by atoms with Gasteiger partial charge in [0.2, 0.25) is 5.91 Å². The molecule has 1 N–H and O–H groups in total. The fourth-order valence-corrected chi connectivity index (χ4v) is 3.33. The van der Waals surface area contributed by atoms with Crippen molar-refractivity contribution in [1.82, 2.24) is 19.3 Å². The number of amides is 1. The van der Waals surface area contributed by atoms with E-state index in [-0.39, 0.29) is 11.7 Å². The number of carbonyl (C=O) groups is 1. The molecule has 156 valence electrons. The lowest BCUT2D eigenvalue weighted by Crippen LogP contribution is -2.08. The molecule has 0 spiro atoms. The molecule has 0 fully saturated rings. The molecule has 0 saturated heterocycles. The molecule has 6 nitrogen and oxygen atoms in total. The minimum Gasteiger partial charge on any atom is -0.330 e. The van der Waals surface area contributed by atoms with Crippen LogP contribution in [0.2, 0.25) is 0 Å². The van der Waals surface area contributed by atoms with E-state index in [0.29, 0.717) is 5.69 Å². The fourth-order valence-electron chi connectivity index (χ4n) is 3.33. The number of nitrogens with zero attached hydrogens (tertiary/aromatic N) is 4. The van der Waals surface area contributed by atoms with Crippen molar-refractivity contribution in [1.29, 1.82) is 0 Å². The van der Waals surface area contributed by atoms with Crippen LogP contribution < -0.4 is 5.32 Å². The molecule has 0 radical (unpaired) electrons. The van der Waals surface area contributed by atoms with Crippen LogP contribution in [0.4, 0.5) is 10.1 Å². The van der Waals surface area contributed by atoms with Gasteiger partial charge in [-0.05, 0) is 55.0 Å². The molecule has 31 heavy (non-hydrogen) atoms. The summed E-state index contributed by atoms with van der Waals surface area (Å²) >= 11 is 0. The minimum atomic E-state index is -0.298. The number of aryl methyl sites for hydroxylation is 2. The number of nitrogens with one attached hydrogen (secondary N) is 1. The van der Waals surface area contributed by atoms with Gasteiger partial charge in [-0.3, -0.25) is 9.48 Å². The van der Waals surface area contributed by atoms with E-state index in [2.05, 4.69) is 20.0 Å². The molecule has 4 aromatic rings. The van der Waals surface area contributed by atoms with E-state index in [4.69, 9.17) is 0 Å². The second-order valence-electron chi connectivity index (χ2n) is 7.26. The van der Waals surface area contributed by atoms with Crippen LogP contribution in [0.15, 0.2) is 73.3 Å². The molecule has 4 rings (SSSR count). The Balaban J connectivity index is 1.42. The number of hydrogen-bond acceptors (Lipinski definition) is 3. The number of carbonyl (C=O) groups excluding carboxylic acids is 1. The maximum atomic E-state index is 13.2. The predicted octanol–water partition coefficient (Wildman–Crippen LogP) is 4.43. The van der Waals surface area contributed by atoms with Gasteiger partial charge in [-0.1, -0.05) is 12.1 Å². The lowest BCUT2D eigenvalue weighted by Gasteiger charge is -2.07. The summed E-state index contributed by atoms with van der Waals surface area (Å²) in [6.45, 7) is 2.74. The Hall–Kier alpha value is -4.00. The lowest BCUT2D eigenvalue weighted by atomic mass is 10.1. The number of anilines is 1. The monoisotopic (exact) mass is 415 g/mol. The van der Waals surface area contributed by atoms with Gasteiger partial charge in [-0.15, -0.1) is 0 Å². The Morgan fingerprint density at radius 3 is 2.52 bits per heavy atom. The van der Waals surface area contributed by atoms with Gasteiger partial charge < -0.3 is 9.88 Å². The molecular weight excluding hydrogens is 393 g/mol. The molecule has 2 heterocycles. The smallest absolute Gasteiger partial charge is 0.248 e. The molecule has 2 aromatic carbocycles. The van der Waals surface area contributed by atoms with E-state index >= 15 is 0 Å². The van der Waals surface area contributed by atoms with Gasteiger partial charge in [0.15, 0.2) is 0 Å². The summed E-state index contributed by atoms with van der Waals surface area (Å²) in [6.07, 6.45) is 8.47. The molecular formula is C24H22FN5O. The van der Waals surface area contributed by atoms with E-state index in [1.165, 1.54) is 18.2 Å². The normalized spacial score (nSPS) is 11.2. The lowest BCUT2D eigenvalue weighted by molar-refractivity contribution is -0.111. The number of aromatic nitrogens is 4. The van der Waals surface area contributed by atoms with Gasteiger partial charge in [0.05, 0.1) is 18.2 Å². The number of halogens is 1. The SMILES string of the molecule is Cc1cncn1Cc1ccc(NC(=O)C=Cc2cnn(C)c2-c2ccc(F)cc2)cc1. The third-order valence-corrected chi connectivity index (χ3v) is 4.99. The summed E-state index contributed by atoms with van der Waals surface area (Å²) in [5.41, 5.74) is 5.33. The Bertz CT molecular complexity index is 1220. The topological polar surface area (TPSA) is 64.7 Å². The predicted molar refractivity (Wildman–Crippen MR) is 119 cm³/mol. The van der Waals surface area contributed by atoms with E-state index < -0.39 is 0 Å². The van der Waals surface area contributed by atoms with E-state index in [1.807, 2.05) is 44.4 Å². The van der Waals surface area contributed by atoms with E-state index in [1.54, 1.807) is 35.4 Å². The van der Waals surface area contributed by atoms with Crippen molar-refractivity contribution in [2.45, 2.75) is 13.5 Å². The number of rotatable bonds is 6. The molecule has 0 aliphatic heterocycles. The largest absolute Gasteiger partial charge is 0.330 e. The second-order valence-corrected chi connectivity index (χ2v) is 7.26. The highest BCUT2D eigenvalue weighted by Gasteiger charge is 2.09. The highest BCUT2D eigenvalue weighted by atomic mass is 19.1. The third kappa shape index (κ3) is 4.78. The van der Waals surface area contributed by atoms with Gasteiger partial charge in [0, 0.05) is 48.4 Å². The highest BCUT2D eigenvalue weighted by Crippen LogP contribution is 2.24. The van der Waals surface area contributed by atoms with Gasteiger partial charge in [-0.2, -0.15) is 5.10 Å². The zero-order chi connectivity index (χ0) is 21.8. The maximum Gasteiger partial charge on any atom is 0.248 e. The summed E-state index contributed by atoms with van der Waals surface area (Å²) in [5, 5.41) is 7.12. The first-order valence-electron chi connectivity index (χ1n) is 9.82. The first kappa shape index (κ1) is 20.3. The van der Waals surface area contributed by atoms with Crippen molar-refractivity contribution in [3.8, 4) is 11.3 Å². The fraction of sp³-hybridized carbons (Fsp3) is 0.125. The van der Waals surface area contributed by atoms with Crippen LogP contribution in [-0.2, 0) is 18.4 Å². The number of benzene rings is 2. The quantitative estimate of drug-likeness (QED) is 0.474. The third-order valence-electron chi connectivity index (χ3n) is 4.99. The molecule has 0 aliphatic carbocycles.